The molecule has 1 heterocycles. The molecule has 2 atom stereocenters. The van der Waals surface area contributed by atoms with Crippen molar-refractivity contribution >= 4 is 39.3 Å². The van der Waals surface area contributed by atoms with Crippen molar-refractivity contribution in [3.8, 4) is 5.75 Å². The van der Waals surface area contributed by atoms with E-state index in [1.807, 2.05) is 24.3 Å². The smallest absolute Gasteiger partial charge is 0.325 e. The first-order chi connectivity index (χ1) is 14.8. The van der Waals surface area contributed by atoms with Crippen molar-refractivity contribution in [2.24, 2.45) is 5.92 Å². The van der Waals surface area contributed by atoms with E-state index in [4.69, 9.17) is 9.47 Å². The summed E-state index contributed by atoms with van der Waals surface area (Å²) in [6, 6.07) is 13.7. The van der Waals surface area contributed by atoms with Crippen LogP contribution in [0.5, 0.6) is 5.75 Å². The summed E-state index contributed by atoms with van der Waals surface area (Å²) >= 11 is 3.39. The molecule has 0 bridgehead atoms. The fraction of sp³-hybridized carbons (Fsp3) is 0.261. The molecule has 1 N–H and O–H groups in total. The van der Waals surface area contributed by atoms with Gasteiger partial charge in [0.05, 0.1) is 25.7 Å². The highest BCUT2D eigenvalue weighted by Crippen LogP contribution is 2.40. The van der Waals surface area contributed by atoms with E-state index in [1.165, 1.54) is 4.90 Å². The lowest BCUT2D eigenvalue weighted by atomic mass is 9.90. The van der Waals surface area contributed by atoms with Crippen molar-refractivity contribution in [2.45, 2.75) is 13.0 Å². The van der Waals surface area contributed by atoms with Crippen molar-refractivity contribution in [1.29, 1.82) is 0 Å². The van der Waals surface area contributed by atoms with Crippen LogP contribution in [0.3, 0.4) is 0 Å². The van der Waals surface area contributed by atoms with Crippen LogP contribution in [0.15, 0.2) is 65.3 Å². The molecule has 0 radical (unpaired) electrons. The van der Waals surface area contributed by atoms with E-state index in [1.54, 1.807) is 38.3 Å². The van der Waals surface area contributed by atoms with E-state index in [0.29, 0.717) is 17.1 Å². The zero-order chi connectivity index (χ0) is 22.5. The topological polar surface area (TPSA) is 84.9 Å². The molecule has 162 valence electrons. The largest absolute Gasteiger partial charge is 0.497 e. The molecule has 1 fully saturated rings. The summed E-state index contributed by atoms with van der Waals surface area (Å²) in [5, 5.41) is 3.12. The van der Waals surface area contributed by atoms with Crippen molar-refractivity contribution in [3.05, 3.63) is 70.8 Å². The monoisotopic (exact) mass is 486 g/mol. The lowest BCUT2D eigenvalue weighted by Crippen LogP contribution is -2.35. The molecule has 0 saturated carbocycles. The van der Waals surface area contributed by atoms with Gasteiger partial charge in [-0.15, -0.1) is 0 Å². The molecule has 0 spiro atoms. The van der Waals surface area contributed by atoms with E-state index in [2.05, 4.69) is 27.8 Å². The van der Waals surface area contributed by atoms with Crippen LogP contribution in [-0.2, 0) is 19.1 Å². The van der Waals surface area contributed by atoms with Crippen molar-refractivity contribution in [3.63, 3.8) is 0 Å². The molecule has 2 aromatic rings. The second kappa shape index (κ2) is 9.78. The molecule has 1 aliphatic heterocycles. The summed E-state index contributed by atoms with van der Waals surface area (Å²) in [5.74, 6) is -2.10. The highest BCUT2D eigenvalue weighted by molar-refractivity contribution is 9.10. The van der Waals surface area contributed by atoms with Crippen LogP contribution in [0.1, 0.15) is 18.5 Å². The first kappa shape index (κ1) is 22.6. The minimum absolute atomic E-state index is 0.187. The summed E-state index contributed by atoms with van der Waals surface area (Å²) < 4.78 is 11.0. The van der Waals surface area contributed by atoms with E-state index in [-0.39, 0.29) is 13.2 Å². The van der Waals surface area contributed by atoms with Gasteiger partial charge in [0, 0.05) is 15.9 Å². The van der Waals surface area contributed by atoms with Gasteiger partial charge in [-0.1, -0.05) is 34.6 Å². The summed E-state index contributed by atoms with van der Waals surface area (Å²) in [7, 11) is 1.57. The van der Waals surface area contributed by atoms with Crippen LogP contribution >= 0.6 is 15.9 Å². The van der Waals surface area contributed by atoms with Crippen molar-refractivity contribution < 1.29 is 23.9 Å². The normalized spacial score (nSPS) is 18.1. The molecule has 2 unspecified atom stereocenters. The van der Waals surface area contributed by atoms with E-state index < -0.39 is 29.6 Å². The summed E-state index contributed by atoms with van der Waals surface area (Å²) in [4.78, 5) is 39.2. The molecule has 0 aliphatic carbocycles. The Balaban J connectivity index is 1.93. The Hall–Kier alpha value is -3.13. The zero-order valence-electron chi connectivity index (χ0n) is 17.3. The van der Waals surface area contributed by atoms with Crippen LogP contribution in [-0.4, -0.2) is 42.8 Å². The number of esters is 1. The number of carbonyl (C=O) groups is 3. The lowest BCUT2D eigenvalue weighted by Gasteiger charge is -2.28. The number of hydrogen-bond donors (Lipinski definition) is 1. The SMILES string of the molecule is C=C(Nc1ccc(OC)cc1)C1C(=O)C(=O)N(CC(=O)OCC)C1c1ccc(Br)cc1. The molecule has 1 amide bonds. The molecular weight excluding hydrogens is 464 g/mol. The molecular formula is C23H23BrN2O5. The quantitative estimate of drug-likeness (QED) is 0.452. The number of Topliss-reactive ketones (excluding diaryl/α,β-unsaturated/α-hetero) is 1. The molecule has 1 saturated heterocycles. The number of nitrogens with one attached hydrogen (secondary N) is 1. The molecule has 8 heteroatoms. The van der Waals surface area contributed by atoms with Crippen molar-refractivity contribution in [1.82, 2.24) is 4.90 Å². The second-order valence-corrected chi connectivity index (χ2v) is 7.87. The number of carbonyl (C=O) groups excluding carboxylic acids is 3. The minimum atomic E-state index is -0.870. The Morgan fingerprint density at radius 1 is 1.13 bits per heavy atom. The number of anilines is 1. The zero-order valence-corrected chi connectivity index (χ0v) is 18.8. The van der Waals surface area contributed by atoms with Crippen LogP contribution in [0, 0.1) is 5.92 Å². The summed E-state index contributed by atoms with van der Waals surface area (Å²) in [6.07, 6.45) is 0. The van der Waals surface area contributed by atoms with Gasteiger partial charge in [0.25, 0.3) is 5.91 Å². The maximum absolute atomic E-state index is 13.0. The van der Waals surface area contributed by atoms with E-state index in [9.17, 15) is 14.4 Å². The average molecular weight is 487 g/mol. The van der Waals surface area contributed by atoms with Gasteiger partial charge in [-0.3, -0.25) is 14.4 Å². The molecule has 3 rings (SSSR count). The molecule has 0 aromatic heterocycles. The Labute approximate surface area is 189 Å². The number of likely N-dealkylation sites (tertiary alicyclic amines) is 1. The predicted octanol–water partition coefficient (Wildman–Crippen LogP) is 3.72. The first-order valence-electron chi connectivity index (χ1n) is 9.71. The lowest BCUT2D eigenvalue weighted by molar-refractivity contribution is -0.149. The van der Waals surface area contributed by atoms with E-state index in [0.717, 1.165) is 10.0 Å². The van der Waals surface area contributed by atoms with Crippen LogP contribution < -0.4 is 10.1 Å². The fourth-order valence-electron chi connectivity index (χ4n) is 3.56. The standard InChI is InChI=1S/C23H23BrN2O5/c1-4-31-19(27)13-26-21(15-5-7-16(24)8-6-15)20(22(28)23(26)29)14(2)25-17-9-11-18(30-3)12-10-17/h5-12,20-21,25H,2,4,13H2,1,3H3. The first-order valence-corrected chi connectivity index (χ1v) is 10.5. The Bertz CT molecular complexity index is 988. The molecule has 7 nitrogen and oxygen atoms in total. The van der Waals surface area contributed by atoms with Crippen LogP contribution in [0.2, 0.25) is 0 Å². The number of benzene rings is 2. The molecule has 2 aromatic carbocycles. The van der Waals surface area contributed by atoms with Gasteiger partial charge in [-0.25, -0.2) is 0 Å². The third-order valence-electron chi connectivity index (χ3n) is 4.99. The van der Waals surface area contributed by atoms with Gasteiger partial charge in [-0.05, 0) is 48.9 Å². The number of nitrogens with zero attached hydrogens (tertiary/aromatic N) is 1. The number of amides is 1. The van der Waals surface area contributed by atoms with Gasteiger partial charge in [0.2, 0.25) is 5.78 Å². The number of ether oxygens (including phenoxy) is 2. The summed E-state index contributed by atoms with van der Waals surface area (Å²) in [5.41, 5.74) is 1.78. The van der Waals surface area contributed by atoms with Gasteiger partial charge in [-0.2, -0.15) is 0 Å². The third-order valence-corrected chi connectivity index (χ3v) is 5.52. The maximum Gasteiger partial charge on any atom is 0.325 e. The summed E-state index contributed by atoms with van der Waals surface area (Å²) in [6.45, 7) is 5.59. The third kappa shape index (κ3) is 4.96. The molecule has 31 heavy (non-hydrogen) atoms. The number of methoxy groups -OCH3 is 1. The number of halogens is 1. The van der Waals surface area contributed by atoms with E-state index >= 15 is 0 Å². The van der Waals surface area contributed by atoms with Crippen molar-refractivity contribution in [2.75, 3.05) is 25.6 Å². The fourth-order valence-corrected chi connectivity index (χ4v) is 3.82. The van der Waals surface area contributed by atoms with Gasteiger partial charge < -0.3 is 19.7 Å². The maximum atomic E-state index is 13.0. The Morgan fingerprint density at radius 3 is 2.35 bits per heavy atom. The number of rotatable bonds is 8. The van der Waals surface area contributed by atoms with Crippen LogP contribution in [0.25, 0.3) is 0 Å². The van der Waals surface area contributed by atoms with Gasteiger partial charge in [0.15, 0.2) is 0 Å². The highest BCUT2D eigenvalue weighted by Gasteiger charge is 2.50. The Kier molecular flexibility index (Phi) is 7.12. The second-order valence-electron chi connectivity index (χ2n) is 6.96. The predicted molar refractivity (Wildman–Crippen MR) is 119 cm³/mol. The van der Waals surface area contributed by atoms with Gasteiger partial charge in [0.1, 0.15) is 12.3 Å². The number of hydrogen-bond acceptors (Lipinski definition) is 6. The minimum Gasteiger partial charge on any atom is -0.497 e. The van der Waals surface area contributed by atoms with Crippen LogP contribution in [0.4, 0.5) is 5.69 Å². The highest BCUT2D eigenvalue weighted by atomic mass is 79.9. The van der Waals surface area contributed by atoms with Gasteiger partial charge >= 0.3 is 5.97 Å². The Morgan fingerprint density at radius 2 is 1.77 bits per heavy atom. The average Bonchev–Trinajstić information content (AvgIpc) is 3.00. The molecule has 1 aliphatic rings. The number of ketones is 1.